The van der Waals surface area contributed by atoms with E-state index in [0.717, 1.165) is 11.3 Å². The van der Waals surface area contributed by atoms with Crippen LogP contribution in [0.4, 0.5) is 21.5 Å². The SMILES string of the molecule is CCn1c(=C(C#N)C(=O)NCC#N)sc(=CNc2cccc(NC(=O)CN(C)c3ccc(F)cc3)c2)c1=O. The fourth-order valence-corrected chi connectivity index (χ4v) is 4.52. The molecule has 194 valence electrons. The van der Waals surface area contributed by atoms with E-state index in [1.807, 2.05) is 6.07 Å². The number of anilines is 3. The highest BCUT2D eigenvalue weighted by Crippen LogP contribution is 2.16. The molecule has 1 aromatic heterocycles. The van der Waals surface area contributed by atoms with Crippen molar-refractivity contribution < 1.29 is 14.0 Å². The highest BCUT2D eigenvalue weighted by molar-refractivity contribution is 7.07. The summed E-state index contributed by atoms with van der Waals surface area (Å²) in [6.45, 7) is 1.74. The Hall–Kier alpha value is -4.94. The second-order valence-corrected chi connectivity index (χ2v) is 8.93. The average molecular weight is 534 g/mol. The van der Waals surface area contributed by atoms with Crippen LogP contribution in [0.2, 0.25) is 0 Å². The summed E-state index contributed by atoms with van der Waals surface area (Å²) in [5.41, 5.74) is 1.17. The van der Waals surface area contributed by atoms with Crippen LogP contribution in [0.15, 0.2) is 53.3 Å². The Bertz CT molecular complexity index is 1600. The molecule has 3 N–H and O–H groups in total. The molecule has 0 fully saturated rings. The van der Waals surface area contributed by atoms with Gasteiger partial charge in [0.25, 0.3) is 11.5 Å². The fourth-order valence-electron chi connectivity index (χ4n) is 3.43. The summed E-state index contributed by atoms with van der Waals surface area (Å²) in [6.07, 6.45) is 1.47. The number of nitrogens with one attached hydrogen (secondary N) is 3. The summed E-state index contributed by atoms with van der Waals surface area (Å²) in [5, 5.41) is 26.3. The number of nitrogens with zero attached hydrogens (tertiary/aromatic N) is 4. The maximum absolute atomic E-state index is 13.1. The lowest BCUT2D eigenvalue weighted by atomic mass is 10.2. The molecule has 0 spiro atoms. The first-order valence-electron chi connectivity index (χ1n) is 11.4. The van der Waals surface area contributed by atoms with Crippen LogP contribution in [-0.4, -0.2) is 36.5 Å². The summed E-state index contributed by atoms with van der Waals surface area (Å²) in [6, 6.07) is 16.3. The van der Waals surface area contributed by atoms with Gasteiger partial charge in [-0.1, -0.05) is 6.07 Å². The molecule has 0 aliphatic carbocycles. The molecule has 1 heterocycles. The van der Waals surface area contributed by atoms with E-state index in [1.54, 1.807) is 61.3 Å². The van der Waals surface area contributed by atoms with Crippen LogP contribution in [0.1, 0.15) is 6.92 Å². The number of hydrogen-bond donors (Lipinski definition) is 3. The van der Waals surface area contributed by atoms with Gasteiger partial charge in [-0.25, -0.2) is 4.39 Å². The van der Waals surface area contributed by atoms with Gasteiger partial charge in [0.15, 0.2) is 5.57 Å². The number of hydrogen-bond acceptors (Lipinski definition) is 8. The lowest BCUT2D eigenvalue weighted by molar-refractivity contribution is -0.116. The molecule has 0 saturated heterocycles. The number of likely N-dealkylation sites (N-methyl/N-ethyl adjacent to an activating group) is 1. The summed E-state index contributed by atoms with van der Waals surface area (Å²) in [4.78, 5) is 39.3. The van der Waals surface area contributed by atoms with Crippen molar-refractivity contribution in [2.45, 2.75) is 13.5 Å². The topological polar surface area (TPSA) is 143 Å². The summed E-state index contributed by atoms with van der Waals surface area (Å²) in [5.74, 6) is -1.36. The molecule has 3 aromatic rings. The third-order valence-corrected chi connectivity index (χ3v) is 6.40. The second kappa shape index (κ2) is 12.9. The Morgan fingerprint density at radius 1 is 1.16 bits per heavy atom. The monoisotopic (exact) mass is 533 g/mol. The van der Waals surface area contributed by atoms with Crippen molar-refractivity contribution in [3.63, 3.8) is 0 Å². The minimum absolute atomic E-state index is 0.0453. The van der Waals surface area contributed by atoms with Gasteiger partial charge < -0.3 is 20.9 Å². The Kier molecular flexibility index (Phi) is 9.35. The molecular weight excluding hydrogens is 509 g/mol. The van der Waals surface area contributed by atoms with Gasteiger partial charge in [-0.05, 0) is 49.4 Å². The zero-order valence-corrected chi connectivity index (χ0v) is 21.4. The largest absolute Gasteiger partial charge is 0.365 e. The van der Waals surface area contributed by atoms with Gasteiger partial charge in [0.2, 0.25) is 5.91 Å². The lowest BCUT2D eigenvalue weighted by Gasteiger charge is -2.18. The summed E-state index contributed by atoms with van der Waals surface area (Å²) >= 11 is 0.975. The molecule has 0 saturated carbocycles. The van der Waals surface area contributed by atoms with Crippen LogP contribution in [0.5, 0.6) is 0 Å². The van der Waals surface area contributed by atoms with Crippen molar-refractivity contribution >= 4 is 52.0 Å². The first-order chi connectivity index (χ1) is 18.3. The molecule has 0 aliphatic heterocycles. The molecule has 3 rings (SSSR count). The van der Waals surface area contributed by atoms with E-state index in [9.17, 15) is 24.0 Å². The zero-order valence-electron chi connectivity index (χ0n) is 20.6. The number of carbonyl (C=O) groups excluding carboxylic acids is 2. The molecular formula is C26H24FN7O3S. The molecule has 0 unspecified atom stereocenters. The number of thiazole rings is 1. The summed E-state index contributed by atoms with van der Waals surface area (Å²) < 4.78 is 14.9. The standard InChI is InChI=1S/C26H24FN7O3S/c1-3-34-25(37)22(38-26(34)21(14-29)24(36)30-12-11-28)15-31-18-5-4-6-19(13-18)32-23(35)16-33(2)20-9-7-17(27)8-10-20/h4-10,13,15,31H,3,12,16H2,1-2H3,(H,30,36)(H,32,35). The maximum Gasteiger partial charge on any atom is 0.270 e. The number of halogens is 1. The first kappa shape index (κ1) is 27.6. The second-order valence-electron chi connectivity index (χ2n) is 7.90. The molecule has 0 aliphatic rings. The zero-order chi connectivity index (χ0) is 27.7. The van der Waals surface area contributed by atoms with Crippen molar-refractivity contribution in [1.82, 2.24) is 9.88 Å². The average Bonchev–Trinajstić information content (AvgIpc) is 3.21. The highest BCUT2D eigenvalue weighted by Gasteiger charge is 2.15. The number of benzene rings is 2. The van der Waals surface area contributed by atoms with Crippen LogP contribution in [0.25, 0.3) is 11.8 Å². The van der Waals surface area contributed by atoms with Crippen LogP contribution in [0, 0.1) is 28.5 Å². The summed E-state index contributed by atoms with van der Waals surface area (Å²) in [7, 11) is 1.72. The van der Waals surface area contributed by atoms with Gasteiger partial charge in [0.05, 0.1) is 12.6 Å². The van der Waals surface area contributed by atoms with Gasteiger partial charge in [-0.15, -0.1) is 11.3 Å². The normalized spacial score (nSPS) is 11.7. The van der Waals surface area contributed by atoms with Crippen LogP contribution < -0.4 is 35.6 Å². The Morgan fingerprint density at radius 2 is 1.87 bits per heavy atom. The number of aromatic nitrogens is 1. The van der Waals surface area contributed by atoms with Gasteiger partial charge >= 0.3 is 0 Å². The molecule has 0 radical (unpaired) electrons. The van der Waals surface area contributed by atoms with E-state index >= 15 is 0 Å². The van der Waals surface area contributed by atoms with E-state index in [1.165, 1.54) is 22.9 Å². The van der Waals surface area contributed by atoms with Gasteiger partial charge in [-0.2, -0.15) is 10.5 Å². The lowest BCUT2D eigenvalue weighted by Crippen LogP contribution is -2.34. The smallest absolute Gasteiger partial charge is 0.270 e. The van der Waals surface area contributed by atoms with E-state index in [0.29, 0.717) is 17.1 Å². The Balaban J connectivity index is 1.79. The van der Waals surface area contributed by atoms with E-state index < -0.39 is 5.91 Å². The van der Waals surface area contributed by atoms with Crippen molar-refractivity contribution in [1.29, 1.82) is 10.5 Å². The predicted molar refractivity (Wildman–Crippen MR) is 144 cm³/mol. The minimum Gasteiger partial charge on any atom is -0.365 e. The molecule has 2 aromatic carbocycles. The highest BCUT2D eigenvalue weighted by atomic mass is 32.1. The molecule has 10 nitrogen and oxygen atoms in total. The molecule has 0 atom stereocenters. The number of nitriles is 2. The Morgan fingerprint density at radius 3 is 2.53 bits per heavy atom. The minimum atomic E-state index is -0.731. The van der Waals surface area contributed by atoms with Crippen molar-refractivity contribution in [3.8, 4) is 12.1 Å². The number of carbonyl (C=O) groups is 2. The van der Waals surface area contributed by atoms with Gasteiger partial charge in [0.1, 0.15) is 27.6 Å². The quantitative estimate of drug-likeness (QED) is 0.352. The van der Waals surface area contributed by atoms with Gasteiger partial charge in [-0.3, -0.25) is 19.0 Å². The molecule has 12 heteroatoms. The van der Waals surface area contributed by atoms with Crippen molar-refractivity contribution in [2.75, 3.05) is 35.7 Å². The molecule has 38 heavy (non-hydrogen) atoms. The van der Waals surface area contributed by atoms with Crippen LogP contribution in [0.3, 0.4) is 0 Å². The molecule has 0 bridgehead atoms. The first-order valence-corrected chi connectivity index (χ1v) is 12.2. The molecule has 2 amide bonds. The van der Waals surface area contributed by atoms with E-state index in [2.05, 4.69) is 16.0 Å². The maximum atomic E-state index is 13.1. The number of amides is 2. The number of rotatable bonds is 9. The van der Waals surface area contributed by atoms with Gasteiger partial charge in [0, 0.05) is 36.9 Å². The third-order valence-electron chi connectivity index (χ3n) is 5.27. The Labute approximate surface area is 221 Å². The van der Waals surface area contributed by atoms with Crippen molar-refractivity contribution in [3.05, 3.63) is 73.9 Å². The predicted octanol–water partition coefficient (Wildman–Crippen LogP) is 1.31. The van der Waals surface area contributed by atoms with Crippen LogP contribution >= 0.6 is 11.3 Å². The van der Waals surface area contributed by atoms with E-state index in [-0.39, 0.29) is 51.7 Å². The van der Waals surface area contributed by atoms with Crippen molar-refractivity contribution in [2.24, 2.45) is 0 Å². The third kappa shape index (κ3) is 6.84. The van der Waals surface area contributed by atoms with E-state index in [4.69, 9.17) is 5.26 Å². The fraction of sp³-hybridized carbons (Fsp3) is 0.192. The van der Waals surface area contributed by atoms with Crippen LogP contribution in [-0.2, 0) is 16.1 Å².